The summed E-state index contributed by atoms with van der Waals surface area (Å²) < 4.78 is 15.1. The summed E-state index contributed by atoms with van der Waals surface area (Å²) >= 11 is 3.23. The smallest absolute Gasteiger partial charge is 0.357 e. The molecule has 6 nitrogen and oxygen atoms in total. The van der Waals surface area contributed by atoms with E-state index in [1.807, 2.05) is 0 Å². The summed E-state index contributed by atoms with van der Waals surface area (Å²) in [5.41, 5.74) is 0.0314. The lowest BCUT2D eigenvalue weighted by Crippen LogP contribution is -2.14. The number of alkyl halides is 1. The van der Waals surface area contributed by atoms with Gasteiger partial charge in [0.15, 0.2) is 11.4 Å². The van der Waals surface area contributed by atoms with Crippen LogP contribution in [0.2, 0.25) is 0 Å². The van der Waals surface area contributed by atoms with Gasteiger partial charge in [-0.15, -0.1) is 0 Å². The van der Waals surface area contributed by atoms with E-state index >= 15 is 0 Å². The third-order valence-electron chi connectivity index (χ3n) is 2.11. The maximum absolute atomic E-state index is 11.7. The van der Waals surface area contributed by atoms with Gasteiger partial charge in [0.25, 0.3) is 0 Å². The van der Waals surface area contributed by atoms with Gasteiger partial charge in [-0.25, -0.2) is 14.6 Å². The van der Waals surface area contributed by atoms with Crippen molar-refractivity contribution in [3.63, 3.8) is 0 Å². The molecule has 0 N–H and O–H groups in total. The Balaban J connectivity index is 3.06. The maximum atomic E-state index is 11.7. The van der Waals surface area contributed by atoms with Gasteiger partial charge in [0.05, 0.1) is 19.8 Å². The molecule has 110 valence electrons. The van der Waals surface area contributed by atoms with Crippen LogP contribution in [0.15, 0.2) is 12.1 Å². The molecule has 0 amide bonds. The summed E-state index contributed by atoms with van der Waals surface area (Å²) in [7, 11) is 0. The Hall–Kier alpha value is -1.63. The van der Waals surface area contributed by atoms with E-state index in [0.29, 0.717) is 17.7 Å². The third kappa shape index (κ3) is 4.80. The van der Waals surface area contributed by atoms with Crippen molar-refractivity contribution in [1.82, 2.24) is 4.98 Å². The monoisotopic (exact) mass is 345 g/mol. The third-order valence-corrected chi connectivity index (χ3v) is 2.44. The van der Waals surface area contributed by atoms with E-state index in [1.165, 1.54) is 12.1 Å². The summed E-state index contributed by atoms with van der Waals surface area (Å²) in [6.45, 7) is 4.22. The lowest BCUT2D eigenvalue weighted by Gasteiger charge is -2.09. The van der Waals surface area contributed by atoms with Crippen LogP contribution in [0.3, 0.4) is 0 Å². The lowest BCUT2D eigenvalue weighted by atomic mass is 10.2. The Bertz CT molecular complexity index is 442. The molecule has 0 saturated heterocycles. The molecule has 0 saturated carbocycles. The molecule has 1 aromatic heterocycles. The minimum absolute atomic E-state index is 0.0157. The zero-order chi connectivity index (χ0) is 15.0. The quantitative estimate of drug-likeness (QED) is 0.557. The van der Waals surface area contributed by atoms with E-state index in [0.717, 1.165) is 0 Å². The van der Waals surface area contributed by atoms with E-state index in [9.17, 15) is 9.59 Å². The number of ether oxygens (including phenoxy) is 3. The van der Waals surface area contributed by atoms with Gasteiger partial charge in [-0.1, -0.05) is 15.9 Å². The molecule has 0 aromatic carbocycles. The van der Waals surface area contributed by atoms with Crippen molar-refractivity contribution in [2.75, 3.05) is 25.2 Å². The molecule has 0 aliphatic heterocycles. The van der Waals surface area contributed by atoms with E-state index in [4.69, 9.17) is 14.2 Å². The van der Waals surface area contributed by atoms with Gasteiger partial charge in [0.2, 0.25) is 0 Å². The zero-order valence-electron chi connectivity index (χ0n) is 11.3. The van der Waals surface area contributed by atoms with Crippen molar-refractivity contribution in [1.29, 1.82) is 0 Å². The molecule has 0 aliphatic carbocycles. The van der Waals surface area contributed by atoms with Gasteiger partial charge >= 0.3 is 11.9 Å². The van der Waals surface area contributed by atoms with Gasteiger partial charge < -0.3 is 14.2 Å². The number of rotatable bonds is 7. The van der Waals surface area contributed by atoms with Crippen LogP contribution < -0.4 is 4.74 Å². The Morgan fingerprint density at radius 2 is 1.60 bits per heavy atom. The molecule has 7 heteroatoms. The molecular weight excluding hydrogens is 330 g/mol. The molecule has 0 atom stereocenters. The predicted octanol–water partition coefficient (Wildman–Crippen LogP) is 2.21. The summed E-state index contributed by atoms with van der Waals surface area (Å²) in [5, 5.41) is 0.624. The molecule has 0 spiro atoms. The number of carbonyl (C=O) groups excluding carboxylic acids is 2. The second kappa shape index (κ2) is 8.52. The average Bonchev–Trinajstić information content (AvgIpc) is 2.45. The number of aromatic nitrogens is 1. The van der Waals surface area contributed by atoms with Crippen molar-refractivity contribution < 1.29 is 23.8 Å². The van der Waals surface area contributed by atoms with E-state index in [2.05, 4.69) is 20.9 Å². The highest BCUT2D eigenvalue weighted by molar-refractivity contribution is 9.09. The van der Waals surface area contributed by atoms with E-state index < -0.39 is 11.9 Å². The van der Waals surface area contributed by atoms with Crippen LogP contribution in [0.5, 0.6) is 5.75 Å². The Labute approximate surface area is 125 Å². The van der Waals surface area contributed by atoms with Crippen molar-refractivity contribution in [2.24, 2.45) is 0 Å². The first-order valence-corrected chi connectivity index (χ1v) is 7.29. The van der Waals surface area contributed by atoms with Gasteiger partial charge in [-0.2, -0.15) is 0 Å². The first-order chi connectivity index (χ1) is 9.62. The minimum Gasteiger partial charge on any atom is -0.493 e. The highest BCUT2D eigenvalue weighted by atomic mass is 79.9. The van der Waals surface area contributed by atoms with Crippen LogP contribution in [0.1, 0.15) is 34.8 Å². The fourth-order valence-corrected chi connectivity index (χ4v) is 1.53. The SMILES string of the molecule is CCOC(=O)c1cc(OCCBr)cc(C(=O)OCC)n1. The Kier molecular flexibility index (Phi) is 7.00. The summed E-state index contributed by atoms with van der Waals surface area (Å²) in [4.78, 5) is 27.3. The normalized spacial score (nSPS) is 9.95. The fraction of sp³-hybridized carbons (Fsp3) is 0.462. The van der Waals surface area contributed by atoms with Crippen molar-refractivity contribution >= 4 is 27.9 Å². The predicted molar refractivity (Wildman–Crippen MR) is 75.4 cm³/mol. The molecule has 0 radical (unpaired) electrons. The number of nitrogens with zero attached hydrogens (tertiary/aromatic N) is 1. The molecule has 0 aliphatic rings. The molecule has 0 fully saturated rings. The summed E-state index contributed by atoms with van der Waals surface area (Å²) in [6.07, 6.45) is 0. The number of pyridine rings is 1. The van der Waals surface area contributed by atoms with Crippen molar-refractivity contribution in [3.8, 4) is 5.75 Å². The summed E-state index contributed by atoms with van der Waals surface area (Å²) in [6, 6.07) is 2.87. The average molecular weight is 346 g/mol. The fourth-order valence-electron chi connectivity index (χ4n) is 1.36. The van der Waals surface area contributed by atoms with Crippen LogP contribution in [0.25, 0.3) is 0 Å². The van der Waals surface area contributed by atoms with Gasteiger partial charge in [-0.3, -0.25) is 0 Å². The van der Waals surface area contributed by atoms with Crippen LogP contribution in [0, 0.1) is 0 Å². The zero-order valence-corrected chi connectivity index (χ0v) is 12.9. The number of esters is 2. The van der Waals surface area contributed by atoms with E-state index in [-0.39, 0.29) is 24.6 Å². The first kappa shape index (κ1) is 16.4. The lowest BCUT2D eigenvalue weighted by molar-refractivity contribution is 0.0510. The highest BCUT2D eigenvalue weighted by Crippen LogP contribution is 2.16. The summed E-state index contributed by atoms with van der Waals surface area (Å²) in [5.74, 6) is -0.852. The second-order valence-corrected chi connectivity index (χ2v) is 4.34. The van der Waals surface area contributed by atoms with Gasteiger partial charge in [0, 0.05) is 17.5 Å². The standard InChI is InChI=1S/C13H16BrNO5/c1-3-18-12(16)10-7-9(20-6-5-14)8-11(15-10)13(17)19-4-2/h7-8H,3-6H2,1-2H3. The Morgan fingerprint density at radius 1 is 1.10 bits per heavy atom. The molecular formula is C13H16BrNO5. The largest absolute Gasteiger partial charge is 0.493 e. The van der Waals surface area contributed by atoms with Crippen molar-refractivity contribution in [3.05, 3.63) is 23.5 Å². The van der Waals surface area contributed by atoms with Crippen LogP contribution in [-0.4, -0.2) is 42.1 Å². The van der Waals surface area contributed by atoms with Crippen molar-refractivity contribution in [2.45, 2.75) is 13.8 Å². The molecule has 0 bridgehead atoms. The van der Waals surface area contributed by atoms with Crippen LogP contribution in [-0.2, 0) is 9.47 Å². The van der Waals surface area contributed by atoms with Crippen LogP contribution in [0.4, 0.5) is 0 Å². The maximum Gasteiger partial charge on any atom is 0.357 e. The number of carbonyl (C=O) groups is 2. The van der Waals surface area contributed by atoms with Gasteiger partial charge in [0.1, 0.15) is 5.75 Å². The molecule has 0 unspecified atom stereocenters. The van der Waals surface area contributed by atoms with Gasteiger partial charge in [-0.05, 0) is 13.8 Å². The Morgan fingerprint density at radius 3 is 2.00 bits per heavy atom. The molecule has 1 aromatic rings. The molecule has 1 rings (SSSR count). The number of hydrogen-bond acceptors (Lipinski definition) is 6. The van der Waals surface area contributed by atoms with E-state index in [1.54, 1.807) is 13.8 Å². The number of halogens is 1. The number of hydrogen-bond donors (Lipinski definition) is 0. The minimum atomic E-state index is -0.609. The topological polar surface area (TPSA) is 74.7 Å². The van der Waals surface area contributed by atoms with Crippen LogP contribution >= 0.6 is 15.9 Å². The second-order valence-electron chi connectivity index (χ2n) is 3.55. The highest BCUT2D eigenvalue weighted by Gasteiger charge is 2.17. The molecule has 20 heavy (non-hydrogen) atoms. The molecule has 1 heterocycles. The first-order valence-electron chi connectivity index (χ1n) is 6.17.